The Labute approximate surface area is 119 Å². The number of carbonyl (C=O) groups is 1. The summed E-state index contributed by atoms with van der Waals surface area (Å²) in [4.78, 5) is 12.0. The van der Waals surface area contributed by atoms with E-state index in [1.807, 2.05) is 0 Å². The molecule has 0 atom stereocenters. The predicted molar refractivity (Wildman–Crippen MR) is 63.7 cm³/mol. The number of rotatable bonds is 1. The SMILES string of the molecule is O=C1Cc2c(c(F)cc(C(F)(F)F)c2-n2ncc(Cl)n2)N1. The lowest BCUT2D eigenvalue weighted by atomic mass is 10.0. The largest absolute Gasteiger partial charge is 0.418 e. The van der Waals surface area contributed by atoms with E-state index >= 15 is 0 Å². The molecule has 10 heteroatoms. The Morgan fingerprint density at radius 3 is 2.67 bits per heavy atom. The van der Waals surface area contributed by atoms with Gasteiger partial charge in [0.15, 0.2) is 5.15 Å². The molecule has 0 bridgehead atoms. The number of nitrogens with one attached hydrogen (secondary N) is 1. The molecular weight excluding hydrogens is 316 g/mol. The Hall–Kier alpha value is -2.16. The first-order valence-electron chi connectivity index (χ1n) is 5.58. The van der Waals surface area contributed by atoms with E-state index in [1.165, 1.54) is 0 Å². The second kappa shape index (κ2) is 4.42. The highest BCUT2D eigenvalue weighted by atomic mass is 35.5. The van der Waals surface area contributed by atoms with Crippen LogP contribution in [0.1, 0.15) is 11.1 Å². The lowest BCUT2D eigenvalue weighted by Gasteiger charge is -2.15. The van der Waals surface area contributed by atoms with Gasteiger partial charge in [-0.1, -0.05) is 11.6 Å². The van der Waals surface area contributed by atoms with Crippen LogP contribution >= 0.6 is 11.6 Å². The molecule has 0 spiro atoms. The standard InChI is InChI=1S/C11H5ClF4N4O/c12-7-3-17-20(19-7)10-4-1-8(21)18-9(4)6(13)2-5(10)11(14,15)16/h2-3H,1H2,(H,18,21). The van der Waals surface area contributed by atoms with Gasteiger partial charge >= 0.3 is 6.18 Å². The zero-order valence-electron chi connectivity index (χ0n) is 10.0. The van der Waals surface area contributed by atoms with Gasteiger partial charge in [0.25, 0.3) is 0 Å². The third-order valence-electron chi connectivity index (χ3n) is 2.92. The van der Waals surface area contributed by atoms with Crippen LogP contribution in [0.25, 0.3) is 5.69 Å². The van der Waals surface area contributed by atoms with Gasteiger partial charge in [-0.2, -0.15) is 18.3 Å². The minimum Gasteiger partial charge on any atom is -0.323 e. The molecule has 0 saturated carbocycles. The molecule has 0 aliphatic carbocycles. The van der Waals surface area contributed by atoms with Crippen LogP contribution in [-0.2, 0) is 17.4 Å². The Kier molecular flexibility index (Phi) is 2.90. The van der Waals surface area contributed by atoms with Gasteiger partial charge in [0.2, 0.25) is 5.91 Å². The molecule has 3 rings (SSSR count). The zero-order valence-corrected chi connectivity index (χ0v) is 10.8. The van der Waals surface area contributed by atoms with Gasteiger partial charge < -0.3 is 5.32 Å². The molecule has 5 nitrogen and oxygen atoms in total. The quantitative estimate of drug-likeness (QED) is 0.822. The third kappa shape index (κ3) is 2.23. The van der Waals surface area contributed by atoms with Gasteiger partial charge in [-0.3, -0.25) is 4.79 Å². The maximum atomic E-state index is 13.8. The van der Waals surface area contributed by atoms with E-state index in [1.54, 1.807) is 0 Å². The fraction of sp³-hybridized carbons (Fsp3) is 0.182. The van der Waals surface area contributed by atoms with Crippen molar-refractivity contribution in [1.82, 2.24) is 15.0 Å². The van der Waals surface area contributed by atoms with E-state index < -0.39 is 35.6 Å². The first-order valence-corrected chi connectivity index (χ1v) is 5.96. The molecule has 1 aliphatic rings. The van der Waals surface area contributed by atoms with Gasteiger partial charge in [-0.15, -0.1) is 9.90 Å². The topological polar surface area (TPSA) is 59.8 Å². The third-order valence-corrected chi connectivity index (χ3v) is 3.10. The summed E-state index contributed by atoms with van der Waals surface area (Å²) in [6, 6.07) is 0.303. The molecule has 1 aromatic carbocycles. The van der Waals surface area contributed by atoms with Crippen molar-refractivity contribution in [1.29, 1.82) is 0 Å². The van der Waals surface area contributed by atoms with E-state index in [-0.39, 0.29) is 16.4 Å². The van der Waals surface area contributed by atoms with Crippen LogP contribution in [0.4, 0.5) is 23.2 Å². The van der Waals surface area contributed by atoms with Gasteiger partial charge in [0.1, 0.15) is 11.5 Å². The minimum absolute atomic E-state index is 0.126. The average molecular weight is 321 g/mol. The Morgan fingerprint density at radius 1 is 1.38 bits per heavy atom. The predicted octanol–water partition coefficient (Wildman–Crippen LogP) is 2.57. The molecule has 0 unspecified atom stereocenters. The summed E-state index contributed by atoms with van der Waals surface area (Å²) in [7, 11) is 0. The summed E-state index contributed by atoms with van der Waals surface area (Å²) >= 11 is 5.56. The molecule has 110 valence electrons. The lowest BCUT2D eigenvalue weighted by Crippen LogP contribution is -2.15. The van der Waals surface area contributed by atoms with Crippen LogP contribution in [0.2, 0.25) is 5.15 Å². The number of carbonyl (C=O) groups excluding carboxylic acids is 1. The molecule has 1 N–H and O–H groups in total. The monoisotopic (exact) mass is 320 g/mol. The second-order valence-electron chi connectivity index (χ2n) is 4.29. The average Bonchev–Trinajstić information content (AvgIpc) is 2.94. The molecule has 21 heavy (non-hydrogen) atoms. The summed E-state index contributed by atoms with van der Waals surface area (Å²) in [6.45, 7) is 0. The molecule has 0 saturated heterocycles. The van der Waals surface area contributed by atoms with Gasteiger partial charge in [-0.25, -0.2) is 4.39 Å². The number of nitrogens with zero attached hydrogens (tertiary/aromatic N) is 3. The molecule has 2 aromatic rings. The molecule has 0 radical (unpaired) electrons. The number of hydrogen-bond acceptors (Lipinski definition) is 3. The smallest absolute Gasteiger partial charge is 0.323 e. The summed E-state index contributed by atoms with van der Waals surface area (Å²) in [6.07, 6.45) is -4.19. The maximum absolute atomic E-state index is 13.8. The number of amides is 1. The first kappa shape index (κ1) is 13.8. The number of benzene rings is 1. The number of fused-ring (bicyclic) bond motifs is 1. The molecular formula is C11H5ClF4N4O. The van der Waals surface area contributed by atoms with Crippen LogP contribution in [-0.4, -0.2) is 20.9 Å². The molecule has 2 heterocycles. The molecule has 1 aromatic heterocycles. The van der Waals surface area contributed by atoms with E-state index in [0.717, 1.165) is 6.20 Å². The van der Waals surface area contributed by atoms with Crippen molar-refractivity contribution >= 4 is 23.2 Å². The summed E-state index contributed by atoms with van der Waals surface area (Å²) < 4.78 is 53.1. The van der Waals surface area contributed by atoms with Crippen molar-refractivity contribution in [3.05, 3.63) is 34.4 Å². The fourth-order valence-corrected chi connectivity index (χ4v) is 2.26. The van der Waals surface area contributed by atoms with Gasteiger partial charge in [-0.05, 0) is 6.07 Å². The van der Waals surface area contributed by atoms with Gasteiger partial charge in [0, 0.05) is 5.56 Å². The van der Waals surface area contributed by atoms with Crippen LogP contribution in [0.5, 0.6) is 0 Å². The summed E-state index contributed by atoms with van der Waals surface area (Å²) in [5.74, 6) is -1.77. The van der Waals surface area contributed by atoms with Crippen LogP contribution < -0.4 is 5.32 Å². The van der Waals surface area contributed by atoms with Crippen molar-refractivity contribution in [2.45, 2.75) is 12.6 Å². The van der Waals surface area contributed by atoms with E-state index in [2.05, 4.69) is 15.5 Å². The first-order chi connectivity index (χ1) is 9.77. The van der Waals surface area contributed by atoms with Crippen molar-refractivity contribution in [2.24, 2.45) is 0 Å². The number of anilines is 1. The maximum Gasteiger partial charge on any atom is 0.418 e. The fourth-order valence-electron chi connectivity index (χ4n) is 2.14. The number of hydrogen-bond donors (Lipinski definition) is 1. The molecule has 1 amide bonds. The number of aromatic nitrogens is 3. The summed E-state index contributed by atoms with van der Waals surface area (Å²) in [5, 5.41) is 9.25. The second-order valence-corrected chi connectivity index (χ2v) is 4.67. The highest BCUT2D eigenvalue weighted by Gasteiger charge is 2.40. The Balaban J connectivity index is 2.35. The highest BCUT2D eigenvalue weighted by Crippen LogP contribution is 2.41. The van der Waals surface area contributed by atoms with Crippen molar-refractivity contribution in [3.63, 3.8) is 0 Å². The van der Waals surface area contributed by atoms with E-state index in [4.69, 9.17) is 11.6 Å². The van der Waals surface area contributed by atoms with Crippen molar-refractivity contribution < 1.29 is 22.4 Å². The van der Waals surface area contributed by atoms with Gasteiger partial charge in [0.05, 0.1) is 23.9 Å². The summed E-state index contributed by atoms with van der Waals surface area (Å²) in [5.41, 5.74) is -2.23. The van der Waals surface area contributed by atoms with Crippen molar-refractivity contribution in [2.75, 3.05) is 5.32 Å². The Bertz CT molecular complexity index is 755. The van der Waals surface area contributed by atoms with E-state index in [9.17, 15) is 22.4 Å². The number of alkyl halides is 3. The lowest BCUT2D eigenvalue weighted by molar-refractivity contribution is -0.137. The van der Waals surface area contributed by atoms with E-state index in [0.29, 0.717) is 10.9 Å². The minimum atomic E-state index is -4.84. The molecule has 0 fully saturated rings. The Morgan fingerprint density at radius 2 is 2.10 bits per heavy atom. The van der Waals surface area contributed by atoms with Crippen LogP contribution in [0.3, 0.4) is 0 Å². The van der Waals surface area contributed by atoms with Crippen LogP contribution in [0, 0.1) is 5.82 Å². The molecule has 1 aliphatic heterocycles. The number of halogens is 5. The van der Waals surface area contributed by atoms with Crippen molar-refractivity contribution in [3.8, 4) is 5.69 Å². The highest BCUT2D eigenvalue weighted by molar-refractivity contribution is 6.29. The zero-order chi connectivity index (χ0) is 15.4. The normalized spacial score (nSPS) is 14.2. The van der Waals surface area contributed by atoms with Crippen LogP contribution in [0.15, 0.2) is 12.3 Å².